The molecular weight excluding hydrogens is 388 g/mol. The summed E-state index contributed by atoms with van der Waals surface area (Å²) in [4.78, 5) is 15.3. The van der Waals surface area contributed by atoms with Crippen molar-refractivity contribution in [3.05, 3.63) is 53.6 Å². The maximum absolute atomic E-state index is 12.8. The number of benzene rings is 2. The van der Waals surface area contributed by atoms with Gasteiger partial charge in [0, 0.05) is 12.1 Å². The Bertz CT molecular complexity index is 978. The molecule has 1 aliphatic carbocycles. The standard InChI is InChI=1S/C26H32N2O3/c1-26(2)15-19-14-18(20-6-4-5-7-22(20)30-3)8-9-21(19)24(26)27-25(29)31-23-16-28-12-10-17(23)11-13-28/h4-9,14,17,23-24H,10-13,15-16H2,1-3H3,(H,27,29)/t23-,24?/m0/s1. The summed E-state index contributed by atoms with van der Waals surface area (Å²) in [6, 6.07) is 14.6. The lowest BCUT2D eigenvalue weighted by Gasteiger charge is -2.44. The molecule has 164 valence electrons. The molecule has 31 heavy (non-hydrogen) atoms. The maximum Gasteiger partial charge on any atom is 0.407 e. The molecule has 1 N–H and O–H groups in total. The van der Waals surface area contributed by atoms with E-state index in [0.717, 1.165) is 55.8 Å². The number of amides is 1. The molecule has 2 atom stereocenters. The van der Waals surface area contributed by atoms with Gasteiger partial charge in [-0.3, -0.25) is 4.90 Å². The Morgan fingerprint density at radius 3 is 2.61 bits per heavy atom. The molecule has 6 rings (SSSR count). The summed E-state index contributed by atoms with van der Waals surface area (Å²) in [6.45, 7) is 7.60. The van der Waals surface area contributed by atoms with Gasteiger partial charge < -0.3 is 14.8 Å². The number of fused-ring (bicyclic) bond motifs is 4. The molecule has 2 aromatic carbocycles. The van der Waals surface area contributed by atoms with E-state index in [9.17, 15) is 4.79 Å². The van der Waals surface area contributed by atoms with Gasteiger partial charge >= 0.3 is 6.09 Å². The molecule has 2 bridgehead atoms. The molecule has 1 amide bonds. The van der Waals surface area contributed by atoms with E-state index in [4.69, 9.17) is 9.47 Å². The Kier molecular flexibility index (Phi) is 5.17. The minimum Gasteiger partial charge on any atom is -0.496 e. The van der Waals surface area contributed by atoms with Crippen molar-refractivity contribution in [2.45, 2.75) is 45.3 Å². The Balaban J connectivity index is 1.34. The van der Waals surface area contributed by atoms with Crippen molar-refractivity contribution in [2.24, 2.45) is 11.3 Å². The third-order valence-corrected chi connectivity index (χ3v) is 7.42. The number of para-hydroxylation sites is 1. The first-order valence-electron chi connectivity index (χ1n) is 11.4. The molecule has 1 unspecified atom stereocenters. The van der Waals surface area contributed by atoms with Crippen LogP contribution in [-0.2, 0) is 11.2 Å². The number of hydrogen-bond acceptors (Lipinski definition) is 4. The van der Waals surface area contributed by atoms with Crippen LogP contribution in [0.25, 0.3) is 11.1 Å². The first kappa shape index (κ1) is 20.4. The SMILES string of the molecule is COc1ccccc1-c1ccc2c(c1)CC(C)(C)C2NC(=O)O[C@H]1CN2CCC1CC2. The molecule has 0 spiro atoms. The minimum absolute atomic E-state index is 0.0272. The number of ether oxygens (including phenoxy) is 2. The number of hydrogen-bond donors (Lipinski definition) is 1. The quantitative estimate of drug-likeness (QED) is 0.772. The van der Waals surface area contributed by atoms with E-state index in [-0.39, 0.29) is 23.7 Å². The number of rotatable bonds is 4. The number of nitrogens with zero attached hydrogens (tertiary/aromatic N) is 1. The van der Waals surface area contributed by atoms with Gasteiger partial charge in [0.2, 0.25) is 0 Å². The third kappa shape index (κ3) is 3.80. The number of alkyl carbamates (subject to hydrolysis) is 1. The van der Waals surface area contributed by atoms with E-state index < -0.39 is 0 Å². The van der Waals surface area contributed by atoms with Crippen molar-refractivity contribution >= 4 is 6.09 Å². The van der Waals surface area contributed by atoms with E-state index >= 15 is 0 Å². The van der Waals surface area contributed by atoms with E-state index in [0.29, 0.717) is 5.92 Å². The maximum atomic E-state index is 12.8. The highest BCUT2D eigenvalue weighted by molar-refractivity contribution is 5.73. The van der Waals surface area contributed by atoms with Crippen LogP contribution in [0.5, 0.6) is 5.75 Å². The molecule has 3 heterocycles. The van der Waals surface area contributed by atoms with Crippen molar-refractivity contribution < 1.29 is 14.3 Å². The normalized spacial score (nSPS) is 28.1. The predicted molar refractivity (Wildman–Crippen MR) is 121 cm³/mol. The smallest absolute Gasteiger partial charge is 0.407 e. The largest absolute Gasteiger partial charge is 0.496 e. The van der Waals surface area contributed by atoms with Crippen molar-refractivity contribution in [2.75, 3.05) is 26.7 Å². The lowest BCUT2D eigenvalue weighted by Crippen LogP contribution is -2.53. The number of methoxy groups -OCH3 is 1. The second kappa shape index (κ2) is 7.86. The van der Waals surface area contributed by atoms with Gasteiger partial charge in [-0.2, -0.15) is 0 Å². The van der Waals surface area contributed by atoms with Crippen LogP contribution in [-0.4, -0.2) is 43.8 Å². The highest BCUT2D eigenvalue weighted by Crippen LogP contribution is 2.47. The Hall–Kier alpha value is -2.53. The molecule has 0 radical (unpaired) electrons. The third-order valence-electron chi connectivity index (χ3n) is 7.42. The van der Waals surface area contributed by atoms with E-state index in [2.05, 4.69) is 48.3 Å². The number of carbonyl (C=O) groups excluding carboxylic acids is 1. The van der Waals surface area contributed by atoms with Crippen LogP contribution < -0.4 is 10.1 Å². The van der Waals surface area contributed by atoms with Gasteiger partial charge in [0.1, 0.15) is 11.9 Å². The van der Waals surface area contributed by atoms with Crippen molar-refractivity contribution in [1.29, 1.82) is 0 Å². The van der Waals surface area contributed by atoms with Gasteiger partial charge in [-0.1, -0.05) is 50.2 Å². The van der Waals surface area contributed by atoms with E-state index in [1.165, 1.54) is 11.1 Å². The second-order valence-corrected chi connectivity index (χ2v) is 9.94. The van der Waals surface area contributed by atoms with Crippen LogP contribution >= 0.6 is 0 Å². The van der Waals surface area contributed by atoms with Crippen LogP contribution in [0.15, 0.2) is 42.5 Å². The molecule has 2 aromatic rings. The monoisotopic (exact) mass is 420 g/mol. The average molecular weight is 421 g/mol. The molecule has 4 aliphatic rings. The highest BCUT2D eigenvalue weighted by atomic mass is 16.6. The molecule has 5 heteroatoms. The fourth-order valence-corrected chi connectivity index (χ4v) is 5.71. The summed E-state index contributed by atoms with van der Waals surface area (Å²) >= 11 is 0. The molecular formula is C26H32N2O3. The fourth-order valence-electron chi connectivity index (χ4n) is 5.71. The van der Waals surface area contributed by atoms with Crippen molar-refractivity contribution in [1.82, 2.24) is 10.2 Å². The molecule has 5 nitrogen and oxygen atoms in total. The zero-order chi connectivity index (χ0) is 21.6. The first-order valence-corrected chi connectivity index (χ1v) is 11.4. The van der Waals surface area contributed by atoms with Crippen molar-refractivity contribution in [3.8, 4) is 16.9 Å². The molecule has 0 saturated carbocycles. The topological polar surface area (TPSA) is 50.8 Å². The van der Waals surface area contributed by atoms with Gasteiger partial charge in [-0.05, 0) is 66.4 Å². The first-order chi connectivity index (χ1) is 14.9. The average Bonchev–Trinajstić information content (AvgIpc) is 3.03. The summed E-state index contributed by atoms with van der Waals surface area (Å²) in [7, 11) is 1.70. The minimum atomic E-state index is -0.279. The van der Waals surface area contributed by atoms with Gasteiger partial charge in [-0.15, -0.1) is 0 Å². The van der Waals surface area contributed by atoms with E-state index in [1.54, 1.807) is 7.11 Å². The van der Waals surface area contributed by atoms with Crippen LogP contribution in [0.1, 0.15) is 43.9 Å². The Morgan fingerprint density at radius 2 is 1.90 bits per heavy atom. The summed E-state index contributed by atoms with van der Waals surface area (Å²) in [5.74, 6) is 1.39. The number of nitrogens with one attached hydrogen (secondary N) is 1. The lowest BCUT2D eigenvalue weighted by atomic mass is 9.85. The van der Waals surface area contributed by atoms with Gasteiger partial charge in [-0.25, -0.2) is 4.79 Å². The van der Waals surface area contributed by atoms with Gasteiger partial charge in [0.15, 0.2) is 0 Å². The van der Waals surface area contributed by atoms with Crippen molar-refractivity contribution in [3.63, 3.8) is 0 Å². The molecule has 3 saturated heterocycles. The summed E-state index contributed by atoms with van der Waals surface area (Å²) in [6.07, 6.45) is 2.94. The number of carbonyl (C=O) groups is 1. The summed E-state index contributed by atoms with van der Waals surface area (Å²) < 4.78 is 11.5. The Labute approximate surface area is 184 Å². The second-order valence-electron chi connectivity index (χ2n) is 9.94. The van der Waals surface area contributed by atoms with Gasteiger partial charge in [0.05, 0.1) is 13.2 Å². The van der Waals surface area contributed by atoms with Gasteiger partial charge in [0.25, 0.3) is 0 Å². The fraction of sp³-hybridized carbons (Fsp3) is 0.500. The van der Waals surface area contributed by atoms with Crippen LogP contribution in [0.4, 0.5) is 4.79 Å². The molecule has 3 aliphatic heterocycles. The lowest BCUT2D eigenvalue weighted by molar-refractivity contribution is -0.0348. The molecule has 3 fully saturated rings. The zero-order valence-corrected chi connectivity index (χ0v) is 18.7. The summed E-state index contributed by atoms with van der Waals surface area (Å²) in [5.41, 5.74) is 4.62. The van der Waals surface area contributed by atoms with E-state index in [1.807, 2.05) is 18.2 Å². The summed E-state index contributed by atoms with van der Waals surface area (Å²) in [5, 5.41) is 3.21. The zero-order valence-electron chi connectivity index (χ0n) is 18.7. The Morgan fingerprint density at radius 1 is 1.13 bits per heavy atom. The molecule has 0 aromatic heterocycles. The van der Waals surface area contributed by atoms with Crippen LogP contribution in [0.2, 0.25) is 0 Å². The van der Waals surface area contributed by atoms with Crippen LogP contribution in [0, 0.1) is 11.3 Å². The number of piperidine rings is 3. The predicted octanol–water partition coefficient (Wildman–Crippen LogP) is 4.81. The highest BCUT2D eigenvalue weighted by Gasteiger charge is 2.42. The van der Waals surface area contributed by atoms with Crippen LogP contribution in [0.3, 0.4) is 0 Å².